The highest BCUT2D eigenvalue weighted by molar-refractivity contribution is 4.91. The van der Waals surface area contributed by atoms with E-state index in [9.17, 15) is 5.11 Å². The van der Waals surface area contributed by atoms with E-state index in [2.05, 4.69) is 0 Å². The monoisotopic (exact) mass is 172 g/mol. The zero-order chi connectivity index (χ0) is 8.77. The van der Waals surface area contributed by atoms with E-state index < -0.39 is 11.9 Å². The first kappa shape index (κ1) is 8.48. The SMILES string of the molecule is CCC1OC2(C)CCC(O2)C1O. The molecule has 3 nitrogen and oxygen atoms in total. The molecule has 2 aliphatic heterocycles. The summed E-state index contributed by atoms with van der Waals surface area (Å²) in [6, 6.07) is 0. The minimum atomic E-state index is -0.425. The van der Waals surface area contributed by atoms with Crippen molar-refractivity contribution >= 4 is 0 Å². The lowest BCUT2D eigenvalue weighted by Gasteiger charge is -2.38. The van der Waals surface area contributed by atoms with Gasteiger partial charge in [-0.1, -0.05) is 6.92 Å². The second kappa shape index (κ2) is 2.69. The van der Waals surface area contributed by atoms with E-state index >= 15 is 0 Å². The van der Waals surface area contributed by atoms with E-state index in [-0.39, 0.29) is 12.2 Å². The molecule has 0 radical (unpaired) electrons. The molecule has 4 unspecified atom stereocenters. The average molecular weight is 172 g/mol. The van der Waals surface area contributed by atoms with E-state index in [0.29, 0.717) is 0 Å². The molecular formula is C9H16O3. The minimum absolute atomic E-state index is 0.00806. The summed E-state index contributed by atoms with van der Waals surface area (Å²) in [6.07, 6.45) is 2.24. The van der Waals surface area contributed by atoms with Gasteiger partial charge >= 0.3 is 0 Å². The van der Waals surface area contributed by atoms with Gasteiger partial charge in [0.15, 0.2) is 5.79 Å². The Labute approximate surface area is 72.7 Å². The molecule has 3 heteroatoms. The molecule has 0 aromatic carbocycles. The lowest BCUT2D eigenvalue weighted by atomic mass is 10.0. The first-order chi connectivity index (χ1) is 5.64. The minimum Gasteiger partial charge on any atom is -0.388 e. The molecule has 12 heavy (non-hydrogen) atoms. The molecule has 2 bridgehead atoms. The van der Waals surface area contributed by atoms with Crippen molar-refractivity contribution in [2.24, 2.45) is 0 Å². The van der Waals surface area contributed by atoms with Gasteiger partial charge in [-0.05, 0) is 19.8 Å². The number of fused-ring (bicyclic) bond motifs is 2. The number of hydrogen-bond acceptors (Lipinski definition) is 3. The van der Waals surface area contributed by atoms with E-state index in [1.807, 2.05) is 13.8 Å². The summed E-state index contributed by atoms with van der Waals surface area (Å²) in [5.74, 6) is -0.412. The van der Waals surface area contributed by atoms with Gasteiger partial charge in [-0.3, -0.25) is 0 Å². The lowest BCUT2D eigenvalue weighted by molar-refractivity contribution is -0.308. The molecule has 70 valence electrons. The largest absolute Gasteiger partial charge is 0.388 e. The van der Waals surface area contributed by atoms with Crippen molar-refractivity contribution in [1.82, 2.24) is 0 Å². The number of aliphatic hydroxyl groups excluding tert-OH is 1. The molecule has 2 saturated heterocycles. The van der Waals surface area contributed by atoms with Crippen molar-refractivity contribution in [3.63, 3.8) is 0 Å². The Kier molecular flexibility index (Phi) is 1.90. The molecule has 2 fully saturated rings. The van der Waals surface area contributed by atoms with E-state index in [4.69, 9.17) is 9.47 Å². The van der Waals surface area contributed by atoms with Crippen LogP contribution >= 0.6 is 0 Å². The van der Waals surface area contributed by atoms with Crippen LogP contribution in [0.15, 0.2) is 0 Å². The normalized spacial score (nSPS) is 52.8. The van der Waals surface area contributed by atoms with Crippen LogP contribution in [0.25, 0.3) is 0 Å². The summed E-state index contributed by atoms with van der Waals surface area (Å²) in [7, 11) is 0. The van der Waals surface area contributed by atoms with Gasteiger partial charge in [0.25, 0.3) is 0 Å². The number of ether oxygens (including phenoxy) is 2. The van der Waals surface area contributed by atoms with Gasteiger partial charge in [0.2, 0.25) is 0 Å². The van der Waals surface area contributed by atoms with Crippen molar-refractivity contribution in [2.75, 3.05) is 0 Å². The van der Waals surface area contributed by atoms with Crippen LogP contribution in [0.5, 0.6) is 0 Å². The summed E-state index contributed by atoms with van der Waals surface area (Å²) in [6.45, 7) is 3.99. The smallest absolute Gasteiger partial charge is 0.166 e. The summed E-state index contributed by atoms with van der Waals surface area (Å²) in [4.78, 5) is 0. The molecule has 0 amide bonds. The van der Waals surface area contributed by atoms with Crippen LogP contribution in [0, 0.1) is 0 Å². The fourth-order valence-corrected chi connectivity index (χ4v) is 2.12. The van der Waals surface area contributed by atoms with Crippen LogP contribution < -0.4 is 0 Å². The third-order valence-corrected chi connectivity index (χ3v) is 2.85. The molecule has 0 aromatic heterocycles. The number of hydrogen-bond donors (Lipinski definition) is 1. The highest BCUT2D eigenvalue weighted by atomic mass is 16.7. The van der Waals surface area contributed by atoms with Crippen molar-refractivity contribution in [3.8, 4) is 0 Å². The molecule has 1 N–H and O–H groups in total. The average Bonchev–Trinajstić information content (AvgIpc) is 2.38. The van der Waals surface area contributed by atoms with E-state index in [0.717, 1.165) is 19.3 Å². The highest BCUT2D eigenvalue weighted by Crippen LogP contribution is 2.40. The van der Waals surface area contributed by atoms with Crippen LogP contribution in [-0.2, 0) is 9.47 Å². The Hall–Kier alpha value is -0.120. The second-order valence-electron chi connectivity index (χ2n) is 3.88. The highest BCUT2D eigenvalue weighted by Gasteiger charge is 2.49. The number of rotatable bonds is 1. The molecule has 0 saturated carbocycles. The van der Waals surface area contributed by atoms with Gasteiger partial charge in [-0.2, -0.15) is 0 Å². The van der Waals surface area contributed by atoms with Crippen LogP contribution in [0.3, 0.4) is 0 Å². The van der Waals surface area contributed by atoms with Crippen LogP contribution in [0.1, 0.15) is 33.1 Å². The summed E-state index contributed by atoms with van der Waals surface area (Å²) < 4.78 is 11.2. The van der Waals surface area contributed by atoms with Crippen molar-refractivity contribution < 1.29 is 14.6 Å². The lowest BCUT2D eigenvalue weighted by Crippen LogP contribution is -2.49. The zero-order valence-electron chi connectivity index (χ0n) is 7.62. The van der Waals surface area contributed by atoms with E-state index in [1.165, 1.54) is 0 Å². The Bertz CT molecular complexity index is 183. The first-order valence-electron chi connectivity index (χ1n) is 4.68. The van der Waals surface area contributed by atoms with Gasteiger partial charge in [0, 0.05) is 6.42 Å². The molecule has 0 aromatic rings. The third-order valence-electron chi connectivity index (χ3n) is 2.85. The maximum Gasteiger partial charge on any atom is 0.166 e. The molecule has 2 rings (SSSR count). The quantitative estimate of drug-likeness (QED) is 0.642. The fraction of sp³-hybridized carbons (Fsp3) is 1.00. The third kappa shape index (κ3) is 1.16. The standard InChI is InChI=1S/C9H16O3/c1-3-6-8(10)7-4-5-9(2,11-6)12-7/h6-8,10H,3-5H2,1-2H3. The zero-order valence-corrected chi connectivity index (χ0v) is 7.62. The molecule has 0 aliphatic carbocycles. The predicted octanol–water partition coefficient (Wildman–Crippen LogP) is 1.05. The van der Waals surface area contributed by atoms with Crippen LogP contribution in [0.4, 0.5) is 0 Å². The van der Waals surface area contributed by atoms with Crippen molar-refractivity contribution in [2.45, 2.75) is 57.2 Å². The van der Waals surface area contributed by atoms with Gasteiger partial charge in [0.1, 0.15) is 6.10 Å². The Morgan fingerprint density at radius 1 is 1.50 bits per heavy atom. The molecule has 2 heterocycles. The molecule has 0 spiro atoms. The molecular weight excluding hydrogens is 156 g/mol. The van der Waals surface area contributed by atoms with E-state index in [1.54, 1.807) is 0 Å². The maximum absolute atomic E-state index is 9.72. The van der Waals surface area contributed by atoms with Gasteiger partial charge in [-0.25, -0.2) is 0 Å². The Morgan fingerprint density at radius 3 is 2.92 bits per heavy atom. The van der Waals surface area contributed by atoms with Crippen LogP contribution in [0.2, 0.25) is 0 Å². The van der Waals surface area contributed by atoms with Gasteiger partial charge < -0.3 is 14.6 Å². The Morgan fingerprint density at radius 2 is 2.25 bits per heavy atom. The van der Waals surface area contributed by atoms with Gasteiger partial charge in [0.05, 0.1) is 12.2 Å². The van der Waals surface area contributed by atoms with Gasteiger partial charge in [-0.15, -0.1) is 0 Å². The van der Waals surface area contributed by atoms with Crippen LogP contribution in [-0.4, -0.2) is 29.2 Å². The summed E-state index contributed by atoms with van der Waals surface area (Å²) in [5.41, 5.74) is 0. The maximum atomic E-state index is 9.72. The van der Waals surface area contributed by atoms with Crippen molar-refractivity contribution in [3.05, 3.63) is 0 Å². The topological polar surface area (TPSA) is 38.7 Å². The van der Waals surface area contributed by atoms with Crippen molar-refractivity contribution in [1.29, 1.82) is 0 Å². The molecule has 4 atom stereocenters. The summed E-state index contributed by atoms with van der Waals surface area (Å²) in [5, 5.41) is 9.72. The fourth-order valence-electron chi connectivity index (χ4n) is 2.12. The Balaban J connectivity index is 2.14. The first-order valence-corrected chi connectivity index (χ1v) is 4.68. The number of aliphatic hydroxyl groups is 1. The predicted molar refractivity (Wildman–Crippen MR) is 43.7 cm³/mol. The molecule has 2 aliphatic rings. The second-order valence-corrected chi connectivity index (χ2v) is 3.88. The summed E-state index contributed by atoms with van der Waals surface area (Å²) >= 11 is 0.